The van der Waals surface area contributed by atoms with Crippen molar-refractivity contribution in [2.24, 2.45) is 0 Å². The second-order valence-electron chi connectivity index (χ2n) is 3.72. The molecule has 1 unspecified atom stereocenters. The number of benzene rings is 1. The van der Waals surface area contributed by atoms with Gasteiger partial charge in [-0.3, -0.25) is 0 Å². The molecule has 17 heavy (non-hydrogen) atoms. The lowest BCUT2D eigenvalue weighted by atomic mass is 9.95. The van der Waals surface area contributed by atoms with E-state index in [2.05, 4.69) is 0 Å². The number of hydrogen-bond acceptors (Lipinski definition) is 4. The molecule has 0 saturated carbocycles. The topological polar surface area (TPSA) is 55.8 Å². The molecular formula is C13H18O4. The fourth-order valence-electron chi connectivity index (χ4n) is 1.53. The smallest absolute Gasteiger partial charge is 0.342 e. The summed E-state index contributed by atoms with van der Waals surface area (Å²) in [7, 11) is 0. The lowest BCUT2D eigenvalue weighted by Crippen LogP contribution is -2.34. The van der Waals surface area contributed by atoms with Crippen LogP contribution in [-0.2, 0) is 15.1 Å². The first-order chi connectivity index (χ1) is 8.04. The number of para-hydroxylation sites is 1. The maximum atomic E-state index is 11.7. The van der Waals surface area contributed by atoms with Crippen LogP contribution in [0.3, 0.4) is 0 Å². The number of aliphatic hydroxyl groups is 1. The molecule has 1 aromatic rings. The number of rotatable bonds is 5. The highest BCUT2D eigenvalue weighted by Crippen LogP contribution is 2.30. The number of hydrogen-bond donors (Lipinski definition) is 1. The monoisotopic (exact) mass is 238 g/mol. The molecule has 4 heteroatoms. The Morgan fingerprint density at radius 1 is 1.29 bits per heavy atom. The van der Waals surface area contributed by atoms with Crippen LogP contribution in [0.2, 0.25) is 0 Å². The third-order valence-corrected chi connectivity index (χ3v) is 2.38. The molecule has 1 aromatic carbocycles. The maximum Gasteiger partial charge on any atom is 0.342 e. The normalized spacial score (nSPS) is 13.9. The molecule has 0 bridgehead atoms. The van der Waals surface area contributed by atoms with E-state index in [-0.39, 0.29) is 6.61 Å². The van der Waals surface area contributed by atoms with Crippen LogP contribution in [-0.4, -0.2) is 24.3 Å². The predicted octanol–water partition coefficient (Wildman–Crippen LogP) is 1.86. The van der Waals surface area contributed by atoms with Crippen molar-refractivity contribution in [3.05, 3.63) is 29.8 Å². The fraction of sp³-hybridized carbons (Fsp3) is 0.462. The molecule has 0 amide bonds. The van der Waals surface area contributed by atoms with E-state index < -0.39 is 11.6 Å². The SMILES string of the molecule is CCOC(=O)C(C)(O)c1ccccc1OCC. The lowest BCUT2D eigenvalue weighted by molar-refractivity contribution is -0.164. The molecule has 0 aromatic heterocycles. The molecule has 0 spiro atoms. The fourth-order valence-corrected chi connectivity index (χ4v) is 1.53. The van der Waals surface area contributed by atoms with Gasteiger partial charge in [-0.2, -0.15) is 0 Å². The van der Waals surface area contributed by atoms with E-state index >= 15 is 0 Å². The van der Waals surface area contributed by atoms with Crippen molar-refractivity contribution < 1.29 is 19.4 Å². The highest BCUT2D eigenvalue weighted by atomic mass is 16.5. The minimum Gasteiger partial charge on any atom is -0.493 e. The van der Waals surface area contributed by atoms with Crippen LogP contribution >= 0.6 is 0 Å². The zero-order valence-corrected chi connectivity index (χ0v) is 10.4. The standard InChI is InChI=1S/C13H18O4/c1-4-16-11-9-7-6-8-10(11)13(3,15)12(14)17-5-2/h6-9,15H,4-5H2,1-3H3. The van der Waals surface area contributed by atoms with E-state index in [0.29, 0.717) is 17.9 Å². The highest BCUT2D eigenvalue weighted by Gasteiger charge is 2.36. The Morgan fingerprint density at radius 3 is 2.53 bits per heavy atom. The summed E-state index contributed by atoms with van der Waals surface area (Å²) < 4.78 is 10.2. The van der Waals surface area contributed by atoms with Crippen LogP contribution in [0.1, 0.15) is 26.3 Å². The van der Waals surface area contributed by atoms with E-state index in [1.165, 1.54) is 6.92 Å². The first kappa shape index (κ1) is 13.5. The van der Waals surface area contributed by atoms with E-state index in [9.17, 15) is 9.90 Å². The van der Waals surface area contributed by atoms with Crippen molar-refractivity contribution in [2.45, 2.75) is 26.4 Å². The summed E-state index contributed by atoms with van der Waals surface area (Å²) in [5, 5.41) is 10.2. The van der Waals surface area contributed by atoms with Crippen LogP contribution in [0.4, 0.5) is 0 Å². The van der Waals surface area contributed by atoms with Crippen molar-refractivity contribution in [1.29, 1.82) is 0 Å². The van der Waals surface area contributed by atoms with Crippen LogP contribution in [0, 0.1) is 0 Å². The molecule has 0 aliphatic carbocycles. The molecule has 0 fully saturated rings. The van der Waals surface area contributed by atoms with Gasteiger partial charge in [0.1, 0.15) is 5.75 Å². The summed E-state index contributed by atoms with van der Waals surface area (Å²) in [5.74, 6) is -0.180. The Morgan fingerprint density at radius 2 is 1.94 bits per heavy atom. The predicted molar refractivity (Wildman–Crippen MR) is 63.8 cm³/mol. The van der Waals surface area contributed by atoms with Gasteiger partial charge in [0.2, 0.25) is 0 Å². The Labute approximate surface area is 101 Å². The first-order valence-corrected chi connectivity index (χ1v) is 5.65. The minimum absolute atomic E-state index is 0.228. The second-order valence-corrected chi connectivity index (χ2v) is 3.72. The minimum atomic E-state index is -1.69. The summed E-state index contributed by atoms with van der Waals surface area (Å²) in [5.41, 5.74) is -1.28. The molecule has 1 atom stereocenters. The van der Waals surface area contributed by atoms with Crippen molar-refractivity contribution in [3.63, 3.8) is 0 Å². The third-order valence-electron chi connectivity index (χ3n) is 2.38. The molecule has 1 rings (SSSR count). The second kappa shape index (κ2) is 5.68. The summed E-state index contributed by atoms with van der Waals surface area (Å²) >= 11 is 0. The van der Waals surface area contributed by atoms with Crippen molar-refractivity contribution in [1.82, 2.24) is 0 Å². The van der Waals surface area contributed by atoms with E-state index in [0.717, 1.165) is 0 Å². The van der Waals surface area contributed by atoms with Crippen LogP contribution in [0.25, 0.3) is 0 Å². The van der Waals surface area contributed by atoms with Gasteiger partial charge in [-0.05, 0) is 26.8 Å². The van der Waals surface area contributed by atoms with Crippen LogP contribution < -0.4 is 4.74 Å². The Kier molecular flexibility index (Phi) is 4.52. The van der Waals surface area contributed by atoms with Gasteiger partial charge in [-0.15, -0.1) is 0 Å². The highest BCUT2D eigenvalue weighted by molar-refractivity contribution is 5.81. The van der Waals surface area contributed by atoms with Crippen molar-refractivity contribution >= 4 is 5.97 Å². The molecule has 0 heterocycles. The third kappa shape index (κ3) is 2.97. The van der Waals surface area contributed by atoms with Gasteiger partial charge in [0.05, 0.1) is 13.2 Å². The summed E-state index contributed by atoms with van der Waals surface area (Å²) in [6.45, 7) is 5.64. The van der Waals surface area contributed by atoms with Crippen LogP contribution in [0.5, 0.6) is 5.75 Å². The molecule has 0 radical (unpaired) electrons. The summed E-state index contributed by atoms with van der Waals surface area (Å²) in [6, 6.07) is 6.90. The Bertz CT molecular complexity index is 385. The van der Waals surface area contributed by atoms with Gasteiger partial charge < -0.3 is 14.6 Å². The molecule has 1 N–H and O–H groups in total. The Hall–Kier alpha value is -1.55. The molecule has 0 aliphatic heterocycles. The van der Waals surface area contributed by atoms with Gasteiger partial charge in [0.25, 0.3) is 0 Å². The average Bonchev–Trinajstić information content (AvgIpc) is 2.30. The maximum absolute atomic E-state index is 11.7. The Balaban J connectivity index is 3.08. The van der Waals surface area contributed by atoms with E-state index in [1.807, 2.05) is 6.92 Å². The van der Waals surface area contributed by atoms with E-state index in [4.69, 9.17) is 9.47 Å². The summed E-state index contributed by atoms with van der Waals surface area (Å²) in [4.78, 5) is 11.7. The molecule has 0 aliphatic rings. The van der Waals surface area contributed by atoms with Crippen LogP contribution in [0.15, 0.2) is 24.3 Å². The number of esters is 1. The first-order valence-electron chi connectivity index (χ1n) is 5.65. The zero-order valence-electron chi connectivity index (χ0n) is 10.4. The van der Waals surface area contributed by atoms with Gasteiger partial charge in [-0.25, -0.2) is 4.79 Å². The van der Waals surface area contributed by atoms with Crippen molar-refractivity contribution in [3.8, 4) is 5.75 Å². The number of ether oxygens (including phenoxy) is 2. The molecule has 4 nitrogen and oxygen atoms in total. The summed E-state index contributed by atoms with van der Waals surface area (Å²) in [6.07, 6.45) is 0. The quantitative estimate of drug-likeness (QED) is 0.795. The molecular weight excluding hydrogens is 220 g/mol. The lowest BCUT2D eigenvalue weighted by Gasteiger charge is -2.23. The van der Waals surface area contributed by atoms with E-state index in [1.54, 1.807) is 31.2 Å². The average molecular weight is 238 g/mol. The van der Waals surface area contributed by atoms with Gasteiger partial charge in [0.15, 0.2) is 5.60 Å². The molecule has 0 saturated heterocycles. The largest absolute Gasteiger partial charge is 0.493 e. The van der Waals surface area contributed by atoms with Gasteiger partial charge in [0, 0.05) is 5.56 Å². The number of carbonyl (C=O) groups excluding carboxylic acids is 1. The van der Waals surface area contributed by atoms with Crippen molar-refractivity contribution in [2.75, 3.05) is 13.2 Å². The molecule has 94 valence electrons. The number of carbonyl (C=O) groups is 1. The van der Waals surface area contributed by atoms with Gasteiger partial charge >= 0.3 is 5.97 Å². The van der Waals surface area contributed by atoms with Gasteiger partial charge in [-0.1, -0.05) is 18.2 Å². The zero-order chi connectivity index (χ0) is 12.9.